The van der Waals surface area contributed by atoms with Crippen LogP contribution in [0.15, 0.2) is 0 Å². The summed E-state index contributed by atoms with van der Waals surface area (Å²) in [6.07, 6.45) is 0.239. The lowest BCUT2D eigenvalue weighted by atomic mass is 10.5. The highest BCUT2D eigenvalue weighted by Gasteiger charge is 2.36. The molecule has 0 spiro atoms. The zero-order chi connectivity index (χ0) is 12.4. The molecule has 0 fully saturated rings. The smallest absolute Gasteiger partial charge is 0.450 e. The Bertz CT molecular complexity index is 190. The first-order valence-corrected chi connectivity index (χ1v) is 6.92. The molecule has 0 aromatic rings. The van der Waals surface area contributed by atoms with Crippen molar-refractivity contribution in [3.8, 4) is 0 Å². The molecule has 0 saturated heterocycles. The molecule has 0 aromatic heterocycles. The van der Waals surface area contributed by atoms with Gasteiger partial charge < -0.3 is 23.3 Å². The van der Waals surface area contributed by atoms with Gasteiger partial charge in [0.05, 0.1) is 6.61 Å². The average Bonchev–Trinajstić information content (AvgIpc) is 2.31. The zero-order valence-corrected chi connectivity index (χ0v) is 11.1. The number of amides is 1. The van der Waals surface area contributed by atoms with Crippen molar-refractivity contribution >= 4 is 14.9 Å². The van der Waals surface area contributed by atoms with Crippen LogP contribution in [0, 0.1) is 6.92 Å². The second kappa shape index (κ2) is 8.51. The minimum absolute atomic E-state index is 0.124. The maximum Gasteiger partial charge on any atom is 0.500 e. The van der Waals surface area contributed by atoms with Gasteiger partial charge in [-0.1, -0.05) is 0 Å². The molecule has 0 saturated carbocycles. The van der Waals surface area contributed by atoms with Crippen LogP contribution in [0.4, 0.5) is 4.79 Å². The maximum atomic E-state index is 10.9. The molecule has 6 nitrogen and oxygen atoms in total. The van der Waals surface area contributed by atoms with E-state index < -0.39 is 14.9 Å². The van der Waals surface area contributed by atoms with Crippen LogP contribution in [0.1, 0.15) is 6.42 Å². The van der Waals surface area contributed by atoms with Crippen molar-refractivity contribution in [2.24, 2.45) is 0 Å². The van der Waals surface area contributed by atoms with Crippen molar-refractivity contribution < 1.29 is 22.8 Å². The van der Waals surface area contributed by atoms with Gasteiger partial charge in [0.1, 0.15) is 0 Å². The molecular formula is C9H20NO5Si. The fourth-order valence-electron chi connectivity index (χ4n) is 1.20. The van der Waals surface area contributed by atoms with Crippen LogP contribution in [0.3, 0.4) is 0 Å². The molecule has 0 aromatic carbocycles. The summed E-state index contributed by atoms with van der Waals surface area (Å²) in [6.45, 7) is 4.01. The summed E-state index contributed by atoms with van der Waals surface area (Å²) in [5, 5.41) is 2.58. The van der Waals surface area contributed by atoms with E-state index in [0.717, 1.165) is 0 Å². The van der Waals surface area contributed by atoms with Gasteiger partial charge >= 0.3 is 14.9 Å². The number of rotatable bonds is 8. The van der Waals surface area contributed by atoms with Crippen LogP contribution in [0.2, 0.25) is 6.04 Å². The van der Waals surface area contributed by atoms with E-state index in [4.69, 9.17) is 13.3 Å². The lowest BCUT2D eigenvalue weighted by molar-refractivity contribution is 0.122. The molecule has 1 radical (unpaired) electrons. The van der Waals surface area contributed by atoms with Crippen LogP contribution >= 0.6 is 0 Å². The van der Waals surface area contributed by atoms with E-state index in [-0.39, 0.29) is 6.61 Å². The first-order chi connectivity index (χ1) is 7.64. The zero-order valence-electron chi connectivity index (χ0n) is 10.1. The molecule has 0 aliphatic heterocycles. The predicted octanol–water partition coefficient (Wildman–Crippen LogP) is 0.815. The Morgan fingerprint density at radius 3 is 2.25 bits per heavy atom. The average molecular weight is 250 g/mol. The van der Waals surface area contributed by atoms with Gasteiger partial charge in [-0.25, -0.2) is 4.79 Å². The summed E-state index contributed by atoms with van der Waals surface area (Å²) in [4.78, 5) is 10.9. The van der Waals surface area contributed by atoms with Crippen LogP contribution < -0.4 is 5.32 Å². The molecule has 1 amide bonds. The Morgan fingerprint density at radius 2 is 1.81 bits per heavy atom. The summed E-state index contributed by atoms with van der Waals surface area (Å²) in [7, 11) is 2.17. The summed E-state index contributed by atoms with van der Waals surface area (Å²) >= 11 is 0. The molecule has 16 heavy (non-hydrogen) atoms. The lowest BCUT2D eigenvalue weighted by Gasteiger charge is -2.24. The Labute approximate surface area is 97.6 Å². The van der Waals surface area contributed by atoms with E-state index in [1.54, 1.807) is 21.3 Å². The summed E-state index contributed by atoms with van der Waals surface area (Å²) in [5.74, 6) is 0. The number of carbonyl (C=O) groups excluding carboxylic acids is 1. The van der Waals surface area contributed by atoms with Crippen molar-refractivity contribution in [3.63, 3.8) is 0 Å². The van der Waals surface area contributed by atoms with E-state index in [1.165, 1.54) is 0 Å². The number of hydrogen-bond acceptors (Lipinski definition) is 5. The normalized spacial score (nSPS) is 11.2. The fraction of sp³-hybridized carbons (Fsp3) is 0.778. The van der Waals surface area contributed by atoms with Gasteiger partial charge in [-0.15, -0.1) is 0 Å². The molecule has 0 bridgehead atoms. The van der Waals surface area contributed by atoms with Crippen LogP contribution in [-0.4, -0.2) is 49.4 Å². The van der Waals surface area contributed by atoms with Gasteiger partial charge in [0.2, 0.25) is 0 Å². The molecule has 95 valence electrons. The van der Waals surface area contributed by atoms with Crippen molar-refractivity contribution in [2.75, 3.05) is 34.5 Å². The first-order valence-electron chi connectivity index (χ1n) is 4.99. The fourth-order valence-corrected chi connectivity index (χ4v) is 2.92. The summed E-state index contributed by atoms with van der Waals surface area (Å²) in [6, 6.07) is 0.640. The Morgan fingerprint density at radius 1 is 1.25 bits per heavy atom. The largest absolute Gasteiger partial charge is 0.500 e. The summed E-state index contributed by atoms with van der Waals surface area (Å²) in [5.41, 5.74) is 0. The molecular weight excluding hydrogens is 230 g/mol. The molecule has 1 N–H and O–H groups in total. The van der Waals surface area contributed by atoms with Gasteiger partial charge in [0.25, 0.3) is 0 Å². The third-order valence-electron chi connectivity index (χ3n) is 2.10. The van der Waals surface area contributed by atoms with Crippen LogP contribution in [-0.2, 0) is 18.0 Å². The van der Waals surface area contributed by atoms with E-state index in [2.05, 4.69) is 17.0 Å². The number of ether oxygens (including phenoxy) is 1. The summed E-state index contributed by atoms with van der Waals surface area (Å²) < 4.78 is 20.3. The second-order valence-corrected chi connectivity index (χ2v) is 6.05. The quantitative estimate of drug-likeness (QED) is 0.510. The van der Waals surface area contributed by atoms with Gasteiger partial charge in [-0.3, -0.25) is 0 Å². The molecule has 0 aliphatic carbocycles. The molecule has 0 aliphatic rings. The molecule has 0 atom stereocenters. The highest BCUT2D eigenvalue weighted by molar-refractivity contribution is 6.60. The monoisotopic (exact) mass is 250 g/mol. The predicted molar refractivity (Wildman–Crippen MR) is 60.9 cm³/mol. The Kier molecular flexibility index (Phi) is 8.17. The van der Waals surface area contributed by atoms with Crippen molar-refractivity contribution in [1.29, 1.82) is 0 Å². The molecule has 0 rings (SSSR count). The third kappa shape index (κ3) is 5.45. The minimum atomic E-state index is -2.51. The van der Waals surface area contributed by atoms with Crippen LogP contribution in [0.5, 0.6) is 0 Å². The van der Waals surface area contributed by atoms with Gasteiger partial charge in [-0.2, -0.15) is 0 Å². The molecule has 0 unspecified atom stereocenters. The molecule has 7 heteroatoms. The standard InChI is InChI=1S/C9H20NO5Si/c1-5-15-9(11)10-7-6-8-16(12-2,13-3)14-4/h1,5-8H2,2-4H3,(H,10,11). The van der Waals surface area contributed by atoms with Gasteiger partial charge in [0, 0.05) is 33.9 Å². The van der Waals surface area contributed by atoms with Crippen molar-refractivity contribution in [1.82, 2.24) is 5.32 Å². The van der Waals surface area contributed by atoms with Gasteiger partial charge in [0.15, 0.2) is 0 Å². The SMILES string of the molecule is [CH2]COC(=O)NCCC[Si](OC)(OC)OC. The highest BCUT2D eigenvalue weighted by Crippen LogP contribution is 2.14. The number of nitrogens with one attached hydrogen (secondary N) is 1. The highest BCUT2D eigenvalue weighted by atomic mass is 28.4. The van der Waals surface area contributed by atoms with E-state index in [9.17, 15) is 4.79 Å². The van der Waals surface area contributed by atoms with Crippen LogP contribution in [0.25, 0.3) is 0 Å². The third-order valence-corrected chi connectivity index (χ3v) is 4.93. The van der Waals surface area contributed by atoms with E-state index >= 15 is 0 Å². The Balaban J connectivity index is 3.74. The maximum absolute atomic E-state index is 10.9. The second-order valence-electron chi connectivity index (χ2n) is 2.96. The van der Waals surface area contributed by atoms with Crippen molar-refractivity contribution in [3.05, 3.63) is 6.92 Å². The Hall–Kier alpha value is -0.633. The first kappa shape index (κ1) is 15.4. The minimum Gasteiger partial charge on any atom is -0.450 e. The van der Waals surface area contributed by atoms with E-state index in [0.29, 0.717) is 19.0 Å². The van der Waals surface area contributed by atoms with Crippen molar-refractivity contribution in [2.45, 2.75) is 12.5 Å². The number of carbonyl (C=O) groups is 1. The number of hydrogen-bond donors (Lipinski definition) is 1. The van der Waals surface area contributed by atoms with Gasteiger partial charge in [-0.05, 0) is 13.3 Å². The van der Waals surface area contributed by atoms with E-state index in [1.807, 2.05) is 0 Å². The lowest BCUT2D eigenvalue weighted by Crippen LogP contribution is -2.43. The topological polar surface area (TPSA) is 66.0 Å². The molecule has 0 heterocycles. The number of alkyl carbamates (subject to hydrolysis) is 1.